The van der Waals surface area contributed by atoms with Gasteiger partial charge in [0.05, 0.1) is 0 Å². The lowest BCUT2D eigenvalue weighted by molar-refractivity contribution is 0.123. The molecule has 0 bridgehead atoms. The number of pyridine rings is 1. The summed E-state index contributed by atoms with van der Waals surface area (Å²) in [6, 6.07) is 4.71. The molecule has 112 valence electrons. The van der Waals surface area contributed by atoms with E-state index < -0.39 is 0 Å². The Bertz CT molecular complexity index is 431. The van der Waals surface area contributed by atoms with E-state index in [1.54, 1.807) is 0 Å². The second-order valence-electron chi connectivity index (χ2n) is 6.50. The highest BCUT2D eigenvalue weighted by Crippen LogP contribution is 2.27. The topological polar surface area (TPSA) is 34.1 Å². The fourth-order valence-corrected chi connectivity index (χ4v) is 2.85. The lowest BCUT2D eigenvalue weighted by Gasteiger charge is -2.27. The molecule has 1 aliphatic carbocycles. The van der Waals surface area contributed by atoms with E-state index in [1.165, 1.54) is 24.8 Å². The first-order valence-electron chi connectivity index (χ1n) is 7.90. The number of nitrogens with zero attached hydrogens (tertiary/aromatic N) is 1. The Morgan fingerprint density at radius 2 is 2.15 bits per heavy atom. The molecule has 1 N–H and O–H groups in total. The maximum atomic E-state index is 6.12. The molecule has 1 fully saturated rings. The summed E-state index contributed by atoms with van der Waals surface area (Å²) >= 11 is 0. The van der Waals surface area contributed by atoms with Crippen molar-refractivity contribution < 1.29 is 4.74 Å². The molecule has 1 aromatic heterocycles. The Morgan fingerprint density at radius 1 is 1.35 bits per heavy atom. The van der Waals surface area contributed by atoms with Gasteiger partial charge in [-0.1, -0.05) is 27.2 Å². The molecule has 1 aliphatic rings. The quantitative estimate of drug-likeness (QED) is 0.887. The minimum Gasteiger partial charge on any atom is -0.474 e. The smallest absolute Gasteiger partial charge is 0.214 e. The lowest BCUT2D eigenvalue weighted by Crippen LogP contribution is -2.25. The molecule has 0 spiro atoms. The van der Waals surface area contributed by atoms with E-state index in [2.05, 4.69) is 43.2 Å². The summed E-state index contributed by atoms with van der Waals surface area (Å²) in [5.41, 5.74) is 2.29. The van der Waals surface area contributed by atoms with Crippen LogP contribution in [0.3, 0.4) is 0 Å². The predicted octanol–water partition coefficient (Wildman–Crippen LogP) is 3.85. The Hall–Kier alpha value is -1.09. The monoisotopic (exact) mass is 276 g/mol. The molecular weight excluding hydrogens is 248 g/mol. The lowest BCUT2D eigenvalue weighted by atomic mass is 9.89. The largest absolute Gasteiger partial charge is 0.474 e. The third-order valence-corrected chi connectivity index (χ3v) is 3.88. The number of aromatic nitrogens is 1. The van der Waals surface area contributed by atoms with E-state index in [1.807, 2.05) is 6.92 Å². The SMILES string of the molecule is Cc1cc(CNC(C)C)cc(OC2CCCC(C)C2)n1. The number of hydrogen-bond acceptors (Lipinski definition) is 3. The highest BCUT2D eigenvalue weighted by Gasteiger charge is 2.20. The first-order valence-corrected chi connectivity index (χ1v) is 7.90. The molecular formula is C17H28N2O. The first-order chi connectivity index (χ1) is 9.52. The van der Waals surface area contributed by atoms with Gasteiger partial charge in [0.25, 0.3) is 0 Å². The zero-order valence-electron chi connectivity index (χ0n) is 13.3. The second-order valence-corrected chi connectivity index (χ2v) is 6.50. The molecule has 0 saturated heterocycles. The zero-order valence-corrected chi connectivity index (χ0v) is 13.3. The molecule has 1 heterocycles. The molecule has 2 unspecified atom stereocenters. The molecule has 3 heteroatoms. The second kappa shape index (κ2) is 7.07. The van der Waals surface area contributed by atoms with E-state index in [9.17, 15) is 0 Å². The van der Waals surface area contributed by atoms with Gasteiger partial charge in [-0.3, -0.25) is 0 Å². The normalized spacial score (nSPS) is 23.1. The average molecular weight is 276 g/mol. The number of nitrogens with one attached hydrogen (secondary N) is 1. The fraction of sp³-hybridized carbons (Fsp3) is 0.706. The van der Waals surface area contributed by atoms with Crippen molar-refractivity contribution in [3.8, 4) is 5.88 Å². The van der Waals surface area contributed by atoms with Gasteiger partial charge in [0.2, 0.25) is 5.88 Å². The van der Waals surface area contributed by atoms with Crippen LogP contribution in [0.5, 0.6) is 5.88 Å². The van der Waals surface area contributed by atoms with Crippen molar-refractivity contribution in [1.82, 2.24) is 10.3 Å². The number of hydrogen-bond donors (Lipinski definition) is 1. The van der Waals surface area contributed by atoms with Crippen molar-refractivity contribution in [3.05, 3.63) is 23.4 Å². The van der Waals surface area contributed by atoms with Crippen LogP contribution in [0.2, 0.25) is 0 Å². The molecule has 20 heavy (non-hydrogen) atoms. The van der Waals surface area contributed by atoms with Crippen molar-refractivity contribution in [2.75, 3.05) is 0 Å². The van der Waals surface area contributed by atoms with Gasteiger partial charge in [0.15, 0.2) is 0 Å². The van der Waals surface area contributed by atoms with Gasteiger partial charge in [0.1, 0.15) is 6.10 Å². The Balaban J connectivity index is 1.99. The minimum absolute atomic E-state index is 0.346. The first kappa shape index (κ1) is 15.3. The van der Waals surface area contributed by atoms with Crippen LogP contribution in [-0.4, -0.2) is 17.1 Å². The summed E-state index contributed by atoms with van der Waals surface area (Å²) < 4.78 is 6.12. The standard InChI is InChI=1S/C17H28N2O/c1-12(2)18-11-15-9-14(4)19-17(10-15)20-16-7-5-6-13(3)8-16/h9-10,12-13,16,18H,5-8,11H2,1-4H3. The van der Waals surface area contributed by atoms with Crippen molar-refractivity contribution in [1.29, 1.82) is 0 Å². The maximum Gasteiger partial charge on any atom is 0.214 e. The fourth-order valence-electron chi connectivity index (χ4n) is 2.85. The third kappa shape index (κ3) is 4.78. The summed E-state index contributed by atoms with van der Waals surface area (Å²) in [6.45, 7) is 9.55. The van der Waals surface area contributed by atoms with E-state index in [0.717, 1.165) is 30.5 Å². The molecule has 0 amide bonds. The van der Waals surface area contributed by atoms with Crippen molar-refractivity contribution in [2.45, 2.75) is 72.1 Å². The minimum atomic E-state index is 0.346. The highest BCUT2D eigenvalue weighted by atomic mass is 16.5. The van der Waals surface area contributed by atoms with Gasteiger partial charge in [-0.25, -0.2) is 4.98 Å². The van der Waals surface area contributed by atoms with Crippen LogP contribution in [-0.2, 0) is 6.54 Å². The van der Waals surface area contributed by atoms with Crippen LogP contribution in [0.25, 0.3) is 0 Å². The van der Waals surface area contributed by atoms with Gasteiger partial charge in [0, 0.05) is 24.3 Å². The van der Waals surface area contributed by atoms with E-state index >= 15 is 0 Å². The van der Waals surface area contributed by atoms with Crippen molar-refractivity contribution >= 4 is 0 Å². The summed E-state index contributed by atoms with van der Waals surface area (Å²) in [5, 5.41) is 3.44. The van der Waals surface area contributed by atoms with Gasteiger partial charge >= 0.3 is 0 Å². The average Bonchev–Trinajstić information content (AvgIpc) is 2.35. The molecule has 1 aromatic rings. The van der Waals surface area contributed by atoms with Gasteiger partial charge in [-0.2, -0.15) is 0 Å². The van der Waals surface area contributed by atoms with Crippen LogP contribution in [0, 0.1) is 12.8 Å². The number of ether oxygens (including phenoxy) is 1. The molecule has 1 saturated carbocycles. The van der Waals surface area contributed by atoms with Crippen LogP contribution in [0.15, 0.2) is 12.1 Å². The summed E-state index contributed by atoms with van der Waals surface area (Å²) in [7, 11) is 0. The van der Waals surface area contributed by atoms with Crippen molar-refractivity contribution in [2.24, 2.45) is 5.92 Å². The molecule has 0 aromatic carbocycles. The van der Waals surface area contributed by atoms with E-state index in [-0.39, 0.29) is 0 Å². The van der Waals surface area contributed by atoms with Gasteiger partial charge < -0.3 is 10.1 Å². The summed E-state index contributed by atoms with van der Waals surface area (Å²) in [5.74, 6) is 1.57. The Morgan fingerprint density at radius 3 is 2.85 bits per heavy atom. The van der Waals surface area contributed by atoms with E-state index in [0.29, 0.717) is 12.1 Å². The summed E-state index contributed by atoms with van der Waals surface area (Å²) in [4.78, 5) is 4.53. The molecule has 3 nitrogen and oxygen atoms in total. The molecule has 2 rings (SSSR count). The summed E-state index contributed by atoms with van der Waals surface area (Å²) in [6.07, 6.45) is 5.29. The van der Waals surface area contributed by atoms with Crippen LogP contribution in [0.4, 0.5) is 0 Å². The third-order valence-electron chi connectivity index (χ3n) is 3.88. The van der Waals surface area contributed by atoms with Crippen molar-refractivity contribution in [3.63, 3.8) is 0 Å². The van der Waals surface area contributed by atoms with Gasteiger partial charge in [-0.15, -0.1) is 0 Å². The molecule has 2 atom stereocenters. The highest BCUT2D eigenvalue weighted by molar-refractivity contribution is 5.24. The maximum absolute atomic E-state index is 6.12. The Labute approximate surface area is 123 Å². The van der Waals surface area contributed by atoms with Crippen LogP contribution in [0.1, 0.15) is 57.7 Å². The molecule has 0 radical (unpaired) electrons. The zero-order chi connectivity index (χ0) is 14.5. The van der Waals surface area contributed by atoms with Gasteiger partial charge in [-0.05, 0) is 43.7 Å². The van der Waals surface area contributed by atoms with Crippen LogP contribution < -0.4 is 10.1 Å². The van der Waals surface area contributed by atoms with E-state index in [4.69, 9.17) is 4.74 Å². The number of aryl methyl sites for hydroxylation is 1. The molecule has 0 aliphatic heterocycles. The number of rotatable bonds is 5. The Kier molecular flexibility index (Phi) is 5.41. The predicted molar refractivity (Wildman–Crippen MR) is 83.0 cm³/mol. The van der Waals surface area contributed by atoms with Crippen LogP contribution >= 0.6 is 0 Å².